The first-order valence-corrected chi connectivity index (χ1v) is 6.88. The average molecular weight is 252 g/mol. The van der Waals surface area contributed by atoms with Crippen LogP contribution in [-0.2, 0) is 6.54 Å². The molecule has 1 aromatic heterocycles. The first kappa shape index (κ1) is 13.5. The maximum atomic E-state index is 5.42. The second kappa shape index (κ2) is 6.29. The molecule has 18 heavy (non-hydrogen) atoms. The molecule has 0 saturated carbocycles. The minimum atomic E-state index is 0.587. The first-order chi connectivity index (χ1) is 8.63. The van der Waals surface area contributed by atoms with Crippen molar-refractivity contribution in [3.05, 3.63) is 11.8 Å². The van der Waals surface area contributed by atoms with Crippen LogP contribution < -0.4 is 5.32 Å². The molecule has 1 N–H and O–H groups in total. The minimum absolute atomic E-state index is 0.587. The van der Waals surface area contributed by atoms with Crippen molar-refractivity contribution in [1.29, 1.82) is 0 Å². The van der Waals surface area contributed by atoms with E-state index in [1.54, 1.807) is 0 Å². The molecule has 5 nitrogen and oxygen atoms in total. The van der Waals surface area contributed by atoms with Crippen LogP contribution in [0.15, 0.2) is 4.42 Å². The number of hydrogen-bond acceptors (Lipinski definition) is 5. The highest BCUT2D eigenvalue weighted by Gasteiger charge is 2.20. The zero-order valence-corrected chi connectivity index (χ0v) is 11.6. The van der Waals surface area contributed by atoms with Crippen molar-refractivity contribution in [3.63, 3.8) is 0 Å². The summed E-state index contributed by atoms with van der Waals surface area (Å²) in [6.45, 7) is 10.4. The molecule has 1 aliphatic heterocycles. The van der Waals surface area contributed by atoms with Crippen molar-refractivity contribution in [2.24, 2.45) is 5.92 Å². The van der Waals surface area contributed by atoms with Crippen LogP contribution in [0.25, 0.3) is 0 Å². The van der Waals surface area contributed by atoms with Crippen LogP contribution in [0.3, 0.4) is 0 Å². The van der Waals surface area contributed by atoms with Crippen LogP contribution in [0.5, 0.6) is 0 Å². The van der Waals surface area contributed by atoms with Crippen molar-refractivity contribution in [1.82, 2.24) is 20.4 Å². The van der Waals surface area contributed by atoms with Crippen molar-refractivity contribution >= 4 is 0 Å². The Morgan fingerprint density at radius 3 is 2.61 bits per heavy atom. The molecule has 0 unspecified atom stereocenters. The lowest BCUT2D eigenvalue weighted by atomic mass is 9.96. The molecule has 1 saturated heterocycles. The standard InChI is InChI=1S/C13H24N4O/c1-10(2)14-8-12-4-6-17(7-5-12)9-13-16-15-11(3)18-13/h10,12,14H,4-9H2,1-3H3. The van der Waals surface area contributed by atoms with E-state index in [1.165, 1.54) is 12.8 Å². The summed E-state index contributed by atoms with van der Waals surface area (Å²) >= 11 is 0. The molecule has 1 fully saturated rings. The van der Waals surface area contributed by atoms with E-state index >= 15 is 0 Å². The fraction of sp³-hybridized carbons (Fsp3) is 0.846. The molecule has 0 spiro atoms. The van der Waals surface area contributed by atoms with Gasteiger partial charge in [0.05, 0.1) is 6.54 Å². The normalized spacial score (nSPS) is 18.7. The molecule has 1 aliphatic rings. The Bertz CT molecular complexity index is 356. The highest BCUT2D eigenvalue weighted by Crippen LogP contribution is 2.18. The summed E-state index contributed by atoms with van der Waals surface area (Å²) in [5.74, 6) is 2.21. The Morgan fingerprint density at radius 2 is 2.06 bits per heavy atom. The van der Waals surface area contributed by atoms with E-state index in [1.807, 2.05) is 6.92 Å². The first-order valence-electron chi connectivity index (χ1n) is 6.88. The molecule has 1 aromatic rings. The van der Waals surface area contributed by atoms with Gasteiger partial charge in [-0.1, -0.05) is 13.8 Å². The van der Waals surface area contributed by atoms with Gasteiger partial charge in [-0.15, -0.1) is 10.2 Å². The van der Waals surface area contributed by atoms with E-state index in [4.69, 9.17) is 4.42 Å². The second-order valence-electron chi connectivity index (χ2n) is 5.50. The number of likely N-dealkylation sites (tertiary alicyclic amines) is 1. The smallest absolute Gasteiger partial charge is 0.230 e. The van der Waals surface area contributed by atoms with Gasteiger partial charge < -0.3 is 9.73 Å². The molecular formula is C13H24N4O. The summed E-state index contributed by atoms with van der Waals surface area (Å²) in [5.41, 5.74) is 0. The Labute approximate surface area is 109 Å². The predicted octanol–water partition coefficient (Wildman–Crippen LogP) is 1.59. The van der Waals surface area contributed by atoms with Crippen LogP contribution in [0.2, 0.25) is 0 Å². The molecule has 5 heteroatoms. The lowest BCUT2D eigenvalue weighted by Crippen LogP contribution is -2.38. The lowest BCUT2D eigenvalue weighted by Gasteiger charge is -2.31. The van der Waals surface area contributed by atoms with Gasteiger partial charge in [0.25, 0.3) is 0 Å². The number of aryl methyl sites for hydroxylation is 1. The summed E-state index contributed by atoms with van der Waals surface area (Å²) in [6, 6.07) is 0.587. The maximum absolute atomic E-state index is 5.42. The zero-order valence-electron chi connectivity index (χ0n) is 11.6. The van der Waals surface area contributed by atoms with Gasteiger partial charge in [0, 0.05) is 13.0 Å². The van der Waals surface area contributed by atoms with Gasteiger partial charge >= 0.3 is 0 Å². The van der Waals surface area contributed by atoms with Crippen molar-refractivity contribution in [3.8, 4) is 0 Å². The van der Waals surface area contributed by atoms with Crippen LogP contribution in [0.1, 0.15) is 38.5 Å². The quantitative estimate of drug-likeness (QED) is 0.862. The summed E-state index contributed by atoms with van der Waals surface area (Å²) < 4.78 is 5.42. The van der Waals surface area contributed by atoms with Crippen LogP contribution in [0, 0.1) is 12.8 Å². The number of hydrogen-bond donors (Lipinski definition) is 1. The largest absolute Gasteiger partial charge is 0.424 e. The Hall–Kier alpha value is -0.940. The van der Waals surface area contributed by atoms with Crippen molar-refractivity contribution in [2.75, 3.05) is 19.6 Å². The van der Waals surface area contributed by atoms with Crippen LogP contribution >= 0.6 is 0 Å². The monoisotopic (exact) mass is 252 g/mol. The SMILES string of the molecule is Cc1nnc(CN2CCC(CNC(C)C)CC2)o1. The average Bonchev–Trinajstić information content (AvgIpc) is 2.74. The molecule has 0 radical (unpaired) electrons. The summed E-state index contributed by atoms with van der Waals surface area (Å²) in [7, 11) is 0. The molecule has 2 rings (SSSR count). The van der Waals surface area contributed by atoms with Crippen molar-refractivity contribution < 1.29 is 4.42 Å². The highest BCUT2D eigenvalue weighted by molar-refractivity contribution is 4.82. The fourth-order valence-electron chi connectivity index (χ4n) is 2.34. The molecule has 0 atom stereocenters. The van der Waals surface area contributed by atoms with Gasteiger partial charge in [-0.3, -0.25) is 4.90 Å². The lowest BCUT2D eigenvalue weighted by molar-refractivity contribution is 0.161. The van der Waals surface area contributed by atoms with E-state index in [2.05, 4.69) is 34.3 Å². The minimum Gasteiger partial charge on any atom is -0.424 e. The van der Waals surface area contributed by atoms with E-state index in [0.29, 0.717) is 11.9 Å². The van der Waals surface area contributed by atoms with E-state index in [9.17, 15) is 0 Å². The van der Waals surface area contributed by atoms with E-state index < -0.39 is 0 Å². The maximum Gasteiger partial charge on any atom is 0.230 e. The molecular weight excluding hydrogens is 228 g/mol. The Kier molecular flexibility index (Phi) is 4.72. The van der Waals surface area contributed by atoms with E-state index in [-0.39, 0.29) is 0 Å². The highest BCUT2D eigenvalue weighted by atomic mass is 16.4. The van der Waals surface area contributed by atoms with Crippen LogP contribution in [0.4, 0.5) is 0 Å². The number of rotatable bonds is 5. The van der Waals surface area contributed by atoms with Gasteiger partial charge in [0.1, 0.15) is 0 Å². The second-order valence-corrected chi connectivity index (χ2v) is 5.50. The van der Waals surface area contributed by atoms with Crippen molar-refractivity contribution in [2.45, 2.75) is 46.2 Å². The Balaban J connectivity index is 1.70. The summed E-state index contributed by atoms with van der Waals surface area (Å²) in [6.07, 6.45) is 2.51. The van der Waals surface area contributed by atoms with Gasteiger partial charge in [-0.25, -0.2) is 0 Å². The summed E-state index contributed by atoms with van der Waals surface area (Å²) in [5, 5.41) is 11.4. The molecule has 0 bridgehead atoms. The molecule has 0 aliphatic carbocycles. The topological polar surface area (TPSA) is 54.2 Å². The Morgan fingerprint density at radius 1 is 1.33 bits per heavy atom. The van der Waals surface area contributed by atoms with E-state index in [0.717, 1.165) is 38.0 Å². The third-order valence-corrected chi connectivity index (χ3v) is 3.45. The molecule has 0 aromatic carbocycles. The predicted molar refractivity (Wildman–Crippen MR) is 70.2 cm³/mol. The number of nitrogens with one attached hydrogen (secondary N) is 1. The fourth-order valence-corrected chi connectivity index (χ4v) is 2.34. The molecule has 2 heterocycles. The van der Waals surface area contributed by atoms with Gasteiger partial charge in [0.2, 0.25) is 11.8 Å². The van der Waals surface area contributed by atoms with Crippen LogP contribution in [-0.4, -0.2) is 40.8 Å². The van der Waals surface area contributed by atoms with Gasteiger partial charge in [0.15, 0.2) is 0 Å². The third kappa shape index (κ3) is 4.07. The molecule has 0 amide bonds. The number of nitrogens with zero attached hydrogens (tertiary/aromatic N) is 3. The third-order valence-electron chi connectivity index (χ3n) is 3.45. The summed E-state index contributed by atoms with van der Waals surface area (Å²) in [4.78, 5) is 2.40. The number of aromatic nitrogens is 2. The molecule has 102 valence electrons. The van der Waals surface area contributed by atoms with Gasteiger partial charge in [-0.05, 0) is 38.4 Å². The van der Waals surface area contributed by atoms with Gasteiger partial charge in [-0.2, -0.15) is 0 Å². The zero-order chi connectivity index (χ0) is 13.0. The number of piperidine rings is 1.